The number of halogens is 2. The lowest BCUT2D eigenvalue weighted by molar-refractivity contribution is 0.167. The van der Waals surface area contributed by atoms with Gasteiger partial charge in [-0.05, 0) is 73.4 Å². The number of fused-ring (bicyclic) bond motifs is 2. The van der Waals surface area contributed by atoms with Gasteiger partial charge in [-0.25, -0.2) is 23.4 Å². The van der Waals surface area contributed by atoms with Gasteiger partial charge in [0.2, 0.25) is 0 Å². The van der Waals surface area contributed by atoms with E-state index in [-0.39, 0.29) is 29.7 Å². The first kappa shape index (κ1) is 26.9. The number of imidazole rings is 1. The molecule has 2 amide bonds. The summed E-state index contributed by atoms with van der Waals surface area (Å²) in [7, 11) is 3.85. The number of aromatic nitrogens is 4. The summed E-state index contributed by atoms with van der Waals surface area (Å²) in [6.07, 6.45) is 6.31. The lowest BCUT2D eigenvalue weighted by Crippen LogP contribution is -2.46. The highest BCUT2D eigenvalue weighted by atomic mass is 19.2. The lowest BCUT2D eigenvalue weighted by Gasteiger charge is -2.33. The molecule has 1 fully saturated rings. The summed E-state index contributed by atoms with van der Waals surface area (Å²) in [5.74, 6) is -1.91. The fraction of sp³-hybridized carbons (Fsp3) is 0.400. The molecule has 9 nitrogen and oxygen atoms in total. The van der Waals surface area contributed by atoms with Crippen molar-refractivity contribution in [1.29, 1.82) is 0 Å². The molecule has 0 bridgehead atoms. The van der Waals surface area contributed by atoms with Crippen LogP contribution in [0.2, 0.25) is 0 Å². The number of amides is 2. The number of likely N-dealkylation sites (tertiary alicyclic amines) is 1. The molecule has 0 unspecified atom stereocenters. The zero-order chi connectivity index (χ0) is 28.7. The van der Waals surface area contributed by atoms with Gasteiger partial charge < -0.3 is 15.1 Å². The summed E-state index contributed by atoms with van der Waals surface area (Å²) >= 11 is 0. The van der Waals surface area contributed by atoms with Crippen molar-refractivity contribution in [1.82, 2.24) is 29.7 Å². The number of carbonyl (C=O) groups excluding carboxylic acids is 1. The summed E-state index contributed by atoms with van der Waals surface area (Å²) < 4.78 is 30.6. The van der Waals surface area contributed by atoms with E-state index in [1.807, 2.05) is 37.2 Å². The molecule has 0 spiro atoms. The molecule has 1 aromatic carbocycles. The van der Waals surface area contributed by atoms with Gasteiger partial charge in [-0.2, -0.15) is 0 Å². The molecule has 2 aliphatic rings. The number of benzene rings is 1. The van der Waals surface area contributed by atoms with Gasteiger partial charge in [-0.15, -0.1) is 0 Å². The first-order chi connectivity index (χ1) is 19.8. The first-order valence-electron chi connectivity index (χ1n) is 14.0. The summed E-state index contributed by atoms with van der Waals surface area (Å²) in [4.78, 5) is 41.6. The van der Waals surface area contributed by atoms with Crippen LogP contribution in [0.1, 0.15) is 60.5 Å². The smallest absolute Gasteiger partial charge is 0.327 e. The average molecular weight is 562 g/mol. The molecule has 0 saturated carbocycles. The highest BCUT2D eigenvalue weighted by Gasteiger charge is 2.32. The summed E-state index contributed by atoms with van der Waals surface area (Å²) in [6, 6.07) is 9.43. The van der Waals surface area contributed by atoms with E-state index in [1.165, 1.54) is 6.07 Å². The third kappa shape index (κ3) is 5.16. The van der Waals surface area contributed by atoms with Crippen LogP contribution in [-0.2, 0) is 6.42 Å². The number of nitrogens with zero attached hydrogens (tertiary/aromatic N) is 5. The molecule has 41 heavy (non-hydrogen) atoms. The minimum atomic E-state index is -0.855. The fourth-order valence-electron chi connectivity index (χ4n) is 6.23. The van der Waals surface area contributed by atoms with Gasteiger partial charge in [0.25, 0.3) is 0 Å². The van der Waals surface area contributed by atoms with Crippen molar-refractivity contribution >= 4 is 22.9 Å². The Hall–Kier alpha value is -4.28. The predicted octanol–water partition coefficient (Wildman–Crippen LogP) is 4.67. The maximum absolute atomic E-state index is 14.8. The van der Waals surface area contributed by atoms with Crippen LogP contribution >= 0.6 is 0 Å². The molecule has 0 radical (unpaired) electrons. The monoisotopic (exact) mass is 561 g/mol. The van der Waals surface area contributed by atoms with Gasteiger partial charge in [0.1, 0.15) is 0 Å². The van der Waals surface area contributed by atoms with Crippen molar-refractivity contribution in [3.63, 3.8) is 0 Å². The second-order valence-electron chi connectivity index (χ2n) is 11.1. The number of urea groups is 1. The Balaban J connectivity index is 1.19. The van der Waals surface area contributed by atoms with Crippen molar-refractivity contribution in [3.8, 4) is 0 Å². The molecule has 214 valence electrons. The standard InChI is InChI=1S/C30H33F2N7O2/c1-37(2)21-16-19-15-18(22-5-3-6-23(31)26(22)32)8-9-24(27(19)34-17-21)35-29(40)38-13-10-20(11-14-38)39-25-7-4-12-33-28(25)36-30(39)41/h3-7,12,16-18,20,24H,8-11,13-15H2,1-2H3,(H,35,40)(H,33,36,41)/t18-,24-/m1/s1. The van der Waals surface area contributed by atoms with Crippen LogP contribution in [0.25, 0.3) is 11.2 Å². The van der Waals surface area contributed by atoms with E-state index < -0.39 is 11.6 Å². The molecule has 3 aromatic heterocycles. The van der Waals surface area contributed by atoms with Crippen LogP contribution in [0.5, 0.6) is 0 Å². The van der Waals surface area contributed by atoms with Crippen molar-refractivity contribution in [2.45, 2.75) is 50.1 Å². The average Bonchev–Trinajstić information content (AvgIpc) is 3.20. The molecular weight excluding hydrogens is 528 g/mol. The Morgan fingerprint density at radius 2 is 1.88 bits per heavy atom. The topological polar surface area (TPSA) is 99.1 Å². The van der Waals surface area contributed by atoms with Crippen LogP contribution in [0.3, 0.4) is 0 Å². The Bertz CT molecular complexity index is 1640. The minimum Gasteiger partial charge on any atom is -0.376 e. The quantitative estimate of drug-likeness (QED) is 0.353. The Morgan fingerprint density at radius 3 is 2.66 bits per heavy atom. The maximum atomic E-state index is 14.8. The molecular formula is C30H33F2N7O2. The number of carbonyl (C=O) groups is 1. The van der Waals surface area contributed by atoms with E-state index in [4.69, 9.17) is 4.98 Å². The molecule has 4 heterocycles. The van der Waals surface area contributed by atoms with Crippen LogP contribution in [-0.4, -0.2) is 57.6 Å². The van der Waals surface area contributed by atoms with Gasteiger partial charge in [-0.3, -0.25) is 14.5 Å². The molecule has 11 heteroatoms. The van der Waals surface area contributed by atoms with Crippen molar-refractivity contribution in [2.75, 3.05) is 32.1 Å². The van der Waals surface area contributed by atoms with E-state index >= 15 is 0 Å². The molecule has 2 atom stereocenters. The maximum Gasteiger partial charge on any atom is 0.327 e. The number of hydrogen-bond donors (Lipinski definition) is 2. The third-order valence-electron chi connectivity index (χ3n) is 8.43. The second-order valence-corrected chi connectivity index (χ2v) is 11.1. The van der Waals surface area contributed by atoms with Gasteiger partial charge in [0.05, 0.1) is 29.1 Å². The summed E-state index contributed by atoms with van der Waals surface area (Å²) in [5.41, 5.74) is 4.06. The van der Waals surface area contributed by atoms with E-state index in [0.29, 0.717) is 56.4 Å². The number of H-pyrrole nitrogens is 1. The van der Waals surface area contributed by atoms with Crippen LogP contribution in [0.4, 0.5) is 19.3 Å². The fourth-order valence-corrected chi connectivity index (χ4v) is 6.23. The van der Waals surface area contributed by atoms with Gasteiger partial charge in [0.15, 0.2) is 17.3 Å². The highest BCUT2D eigenvalue weighted by Crippen LogP contribution is 2.38. The minimum absolute atomic E-state index is 0.0313. The van der Waals surface area contributed by atoms with Crippen molar-refractivity contribution in [2.24, 2.45) is 0 Å². The zero-order valence-corrected chi connectivity index (χ0v) is 23.1. The number of nitrogens with one attached hydrogen (secondary N) is 2. The van der Waals surface area contributed by atoms with Gasteiger partial charge in [0, 0.05) is 39.4 Å². The van der Waals surface area contributed by atoms with Crippen LogP contribution in [0, 0.1) is 11.6 Å². The molecule has 2 N–H and O–H groups in total. The van der Waals surface area contributed by atoms with E-state index in [9.17, 15) is 18.4 Å². The van der Waals surface area contributed by atoms with E-state index in [2.05, 4.69) is 15.3 Å². The van der Waals surface area contributed by atoms with Crippen molar-refractivity contribution < 1.29 is 13.6 Å². The Morgan fingerprint density at radius 1 is 1.07 bits per heavy atom. The largest absolute Gasteiger partial charge is 0.376 e. The zero-order valence-electron chi connectivity index (χ0n) is 23.1. The molecule has 6 rings (SSSR count). The number of aromatic amines is 1. The van der Waals surface area contributed by atoms with Gasteiger partial charge >= 0.3 is 11.7 Å². The Labute approximate surface area is 236 Å². The van der Waals surface area contributed by atoms with Crippen LogP contribution in [0.15, 0.2) is 53.6 Å². The normalized spacial score (nSPS) is 19.6. The molecule has 1 aliphatic heterocycles. The number of hydrogen-bond acceptors (Lipinski definition) is 5. The highest BCUT2D eigenvalue weighted by molar-refractivity contribution is 5.75. The molecule has 1 aliphatic carbocycles. The summed E-state index contributed by atoms with van der Waals surface area (Å²) in [6.45, 7) is 0.999. The number of rotatable bonds is 4. The lowest BCUT2D eigenvalue weighted by atomic mass is 9.89. The number of anilines is 1. The second kappa shape index (κ2) is 10.9. The van der Waals surface area contributed by atoms with Gasteiger partial charge in [-0.1, -0.05) is 12.1 Å². The molecule has 1 saturated heterocycles. The van der Waals surface area contributed by atoms with Crippen LogP contribution < -0.4 is 15.9 Å². The van der Waals surface area contributed by atoms with Crippen molar-refractivity contribution in [3.05, 3.63) is 87.7 Å². The SMILES string of the molecule is CN(C)c1cnc2c(c1)C[C@H](c1cccc(F)c1F)CC[C@H]2NC(=O)N1CCC(n2c(=O)[nH]c3ncccc32)CC1. The third-order valence-corrected chi connectivity index (χ3v) is 8.43. The first-order valence-corrected chi connectivity index (χ1v) is 14.0. The molecule has 4 aromatic rings. The Kier molecular flexibility index (Phi) is 7.19. The van der Waals surface area contributed by atoms with E-state index in [0.717, 1.165) is 28.5 Å². The predicted molar refractivity (Wildman–Crippen MR) is 152 cm³/mol. The summed E-state index contributed by atoms with van der Waals surface area (Å²) in [5, 5.41) is 3.18. The van der Waals surface area contributed by atoms with E-state index in [1.54, 1.807) is 27.9 Å². The number of pyridine rings is 2. The number of piperidine rings is 1.